The van der Waals surface area contributed by atoms with Gasteiger partial charge in [0.05, 0.1) is 6.04 Å². The number of carbonyl (C=O) groups excluding carboxylic acids is 3. The highest BCUT2D eigenvalue weighted by Crippen LogP contribution is 2.10. The van der Waals surface area contributed by atoms with Gasteiger partial charge in [0.15, 0.2) is 0 Å². The Morgan fingerprint density at radius 3 is 2.79 bits per heavy atom. The molecule has 0 unspecified atom stereocenters. The Kier molecular flexibility index (Phi) is 3.91. The van der Waals surface area contributed by atoms with Crippen LogP contribution in [0.5, 0.6) is 0 Å². The van der Waals surface area contributed by atoms with E-state index in [1.54, 1.807) is 24.3 Å². The van der Waals surface area contributed by atoms with E-state index in [1.807, 2.05) is 0 Å². The molecule has 19 heavy (non-hydrogen) atoms. The Morgan fingerprint density at radius 1 is 1.37 bits per heavy atom. The highest BCUT2D eigenvalue weighted by atomic mass is 16.2. The summed E-state index contributed by atoms with van der Waals surface area (Å²) < 4.78 is 0. The zero-order valence-electron chi connectivity index (χ0n) is 10.2. The van der Waals surface area contributed by atoms with Crippen molar-refractivity contribution < 1.29 is 14.4 Å². The smallest absolute Gasteiger partial charge is 0.270 e. The van der Waals surface area contributed by atoms with E-state index in [0.717, 1.165) is 0 Å². The third kappa shape index (κ3) is 3.17. The molecule has 6 heteroatoms. The van der Waals surface area contributed by atoms with E-state index >= 15 is 0 Å². The minimum atomic E-state index is -0.749. The maximum Gasteiger partial charge on any atom is 0.270 e. The summed E-state index contributed by atoms with van der Waals surface area (Å²) in [6.07, 6.45) is 0.754. The zero-order chi connectivity index (χ0) is 13.8. The molecule has 1 atom stereocenters. The minimum Gasteiger partial charge on any atom is -0.302 e. The Hall–Kier alpha value is -2.21. The third-order valence-corrected chi connectivity index (χ3v) is 3.04. The van der Waals surface area contributed by atoms with Crippen LogP contribution in [0.3, 0.4) is 0 Å². The summed E-state index contributed by atoms with van der Waals surface area (Å²) in [6, 6.07) is 6.34. The van der Waals surface area contributed by atoms with Crippen LogP contribution in [0.1, 0.15) is 28.8 Å². The number of rotatable bonds is 4. The molecular weight excluding hydrogens is 246 g/mol. The van der Waals surface area contributed by atoms with Crippen molar-refractivity contribution in [2.75, 3.05) is 0 Å². The first-order valence-corrected chi connectivity index (χ1v) is 5.99. The van der Waals surface area contributed by atoms with E-state index in [9.17, 15) is 14.4 Å². The summed E-state index contributed by atoms with van der Waals surface area (Å²) in [6.45, 7) is 0.313. The largest absolute Gasteiger partial charge is 0.302 e. The van der Waals surface area contributed by atoms with Gasteiger partial charge in [-0.2, -0.15) is 0 Å². The van der Waals surface area contributed by atoms with Gasteiger partial charge in [0, 0.05) is 18.5 Å². The fraction of sp³-hybridized carbons (Fsp3) is 0.308. The van der Waals surface area contributed by atoms with Gasteiger partial charge in [0.2, 0.25) is 11.8 Å². The molecule has 0 aliphatic carbocycles. The number of piperidine rings is 1. The summed E-state index contributed by atoms with van der Waals surface area (Å²) in [4.78, 5) is 33.7. The molecule has 99 valence electrons. The van der Waals surface area contributed by atoms with Crippen molar-refractivity contribution in [3.63, 3.8) is 0 Å². The van der Waals surface area contributed by atoms with Gasteiger partial charge in [-0.1, -0.05) is 18.2 Å². The fourth-order valence-corrected chi connectivity index (χ4v) is 2.02. The Labute approximate surface area is 110 Å². The van der Waals surface area contributed by atoms with Crippen LogP contribution in [-0.2, 0) is 16.1 Å². The SMILES string of the molecule is [NH]C(=O)c1ccccc1CN[C@H]1CCC(=O)NC1=O. The quantitative estimate of drug-likeness (QED) is 0.744. The van der Waals surface area contributed by atoms with Crippen LogP contribution in [0.15, 0.2) is 24.3 Å². The van der Waals surface area contributed by atoms with Crippen molar-refractivity contribution in [2.45, 2.75) is 25.4 Å². The molecule has 0 saturated carbocycles. The van der Waals surface area contributed by atoms with Gasteiger partial charge >= 0.3 is 0 Å². The minimum absolute atomic E-state index is 0.259. The van der Waals surface area contributed by atoms with E-state index in [2.05, 4.69) is 10.6 Å². The standard InChI is InChI=1S/C13H14N3O3/c14-12(18)9-4-2-1-3-8(9)7-15-10-5-6-11(17)16-13(10)19/h1-4,10,14-15H,5-7H2,(H,16,17,19)/t10-/m0/s1. The summed E-state index contributed by atoms with van der Waals surface area (Å²) in [5.41, 5.74) is 8.15. The molecule has 1 aliphatic heterocycles. The lowest BCUT2D eigenvalue weighted by Crippen LogP contribution is -2.50. The van der Waals surface area contributed by atoms with Crippen molar-refractivity contribution in [2.24, 2.45) is 0 Å². The number of nitrogens with one attached hydrogen (secondary N) is 3. The summed E-state index contributed by atoms with van der Waals surface area (Å²) in [7, 11) is 0. The van der Waals surface area contributed by atoms with Crippen LogP contribution in [-0.4, -0.2) is 23.8 Å². The summed E-state index contributed by atoms with van der Waals surface area (Å²) in [5.74, 6) is -1.35. The highest BCUT2D eigenvalue weighted by molar-refractivity contribution is 6.00. The number of carbonyl (C=O) groups is 3. The van der Waals surface area contributed by atoms with E-state index in [0.29, 0.717) is 30.5 Å². The first kappa shape index (κ1) is 13.2. The van der Waals surface area contributed by atoms with Crippen LogP contribution < -0.4 is 16.4 Å². The average molecular weight is 260 g/mol. The van der Waals surface area contributed by atoms with Gasteiger partial charge in [-0.05, 0) is 18.1 Å². The van der Waals surface area contributed by atoms with Crippen LogP contribution >= 0.6 is 0 Å². The predicted molar refractivity (Wildman–Crippen MR) is 66.9 cm³/mol. The molecule has 3 N–H and O–H groups in total. The number of amides is 3. The first-order valence-electron chi connectivity index (χ1n) is 5.99. The van der Waals surface area contributed by atoms with Crippen LogP contribution in [0.2, 0.25) is 0 Å². The van der Waals surface area contributed by atoms with Gasteiger partial charge in [-0.25, -0.2) is 0 Å². The second-order valence-corrected chi connectivity index (χ2v) is 4.37. The van der Waals surface area contributed by atoms with E-state index in [4.69, 9.17) is 5.73 Å². The predicted octanol–water partition coefficient (Wildman–Crippen LogP) is 0.00450. The third-order valence-electron chi connectivity index (χ3n) is 3.04. The van der Waals surface area contributed by atoms with E-state index < -0.39 is 11.9 Å². The Bertz CT molecular complexity index is 528. The fourth-order valence-electron chi connectivity index (χ4n) is 2.02. The van der Waals surface area contributed by atoms with Gasteiger partial charge in [-0.3, -0.25) is 25.4 Å². The molecule has 1 aromatic carbocycles. The number of imide groups is 1. The molecule has 3 amide bonds. The molecule has 2 rings (SSSR count). The van der Waals surface area contributed by atoms with Crippen molar-refractivity contribution in [3.8, 4) is 0 Å². The Balaban J connectivity index is 2.01. The Morgan fingerprint density at radius 2 is 2.11 bits per heavy atom. The monoisotopic (exact) mass is 260 g/mol. The van der Waals surface area contributed by atoms with E-state index in [1.165, 1.54) is 0 Å². The topological polar surface area (TPSA) is 99.1 Å². The summed E-state index contributed by atoms with van der Waals surface area (Å²) >= 11 is 0. The van der Waals surface area contributed by atoms with Crippen molar-refractivity contribution in [1.82, 2.24) is 16.4 Å². The molecule has 0 aromatic heterocycles. The lowest BCUT2D eigenvalue weighted by atomic mass is 10.0. The van der Waals surface area contributed by atoms with Gasteiger partial charge in [0.1, 0.15) is 0 Å². The molecule has 1 radical (unpaired) electrons. The number of hydrogen-bond acceptors (Lipinski definition) is 4. The molecule has 1 aliphatic rings. The maximum atomic E-state index is 11.5. The molecule has 6 nitrogen and oxygen atoms in total. The zero-order valence-corrected chi connectivity index (χ0v) is 10.2. The highest BCUT2D eigenvalue weighted by Gasteiger charge is 2.26. The van der Waals surface area contributed by atoms with E-state index in [-0.39, 0.29) is 11.8 Å². The molecule has 1 fully saturated rings. The first-order chi connectivity index (χ1) is 9.08. The second kappa shape index (κ2) is 5.62. The molecule has 0 bridgehead atoms. The van der Waals surface area contributed by atoms with Crippen LogP contribution in [0, 0.1) is 0 Å². The molecule has 0 spiro atoms. The number of hydrogen-bond donors (Lipinski definition) is 2. The average Bonchev–Trinajstić information content (AvgIpc) is 2.38. The molecule has 1 heterocycles. The molecular formula is C13H14N3O3. The van der Waals surface area contributed by atoms with Gasteiger partial charge in [0.25, 0.3) is 5.91 Å². The second-order valence-electron chi connectivity index (χ2n) is 4.37. The lowest BCUT2D eigenvalue weighted by molar-refractivity contribution is -0.134. The van der Waals surface area contributed by atoms with Crippen molar-refractivity contribution in [1.29, 1.82) is 0 Å². The molecule has 1 saturated heterocycles. The van der Waals surface area contributed by atoms with Crippen LogP contribution in [0.4, 0.5) is 0 Å². The van der Waals surface area contributed by atoms with Crippen molar-refractivity contribution >= 4 is 17.7 Å². The van der Waals surface area contributed by atoms with Crippen molar-refractivity contribution in [3.05, 3.63) is 35.4 Å². The maximum absolute atomic E-state index is 11.5. The summed E-state index contributed by atoms with van der Waals surface area (Å²) in [5, 5.41) is 5.26. The number of benzene rings is 1. The van der Waals surface area contributed by atoms with Gasteiger partial charge < -0.3 is 5.32 Å². The van der Waals surface area contributed by atoms with Gasteiger partial charge in [-0.15, -0.1) is 0 Å². The lowest BCUT2D eigenvalue weighted by Gasteiger charge is -2.22. The normalized spacial score (nSPS) is 19.1. The molecule has 1 aromatic rings. The van der Waals surface area contributed by atoms with Crippen LogP contribution in [0.25, 0.3) is 0 Å².